The molecule has 0 bridgehead atoms. The third kappa shape index (κ3) is 17.0. The van der Waals surface area contributed by atoms with Crippen molar-refractivity contribution in [3.63, 3.8) is 0 Å². The monoisotopic (exact) mass is 1240 g/mol. The fourth-order valence-electron chi connectivity index (χ4n) is 6.05. The number of H-pyrrole nitrogens is 4. The molecule has 0 aliphatic carbocycles. The second kappa shape index (κ2) is 28.6. The first-order valence-electron chi connectivity index (χ1n) is 25.9. The molecule has 0 saturated carbocycles. The summed E-state index contributed by atoms with van der Waals surface area (Å²) in [6.45, 7) is 12.4. The highest BCUT2D eigenvalue weighted by molar-refractivity contribution is 6.38. The smallest absolute Gasteiger partial charge is 0.413 e. The normalized spacial score (nSPS) is 12.1. The summed E-state index contributed by atoms with van der Waals surface area (Å²) in [5, 5.41) is 40.0. The number of carbonyl (C=O) groups is 2. The highest BCUT2D eigenvalue weighted by Gasteiger charge is 2.22. The SMILES string of the molecule is [2H]c1c(Cl)c(Oc2cc(C(C)C)c(=O)[nH]n2)c(Cl)c([2H])c1-n1nc(C#N)c(=O)[nH]c1=O.[2H]c1c(Cl)c(Oc2cc(C(C)C)c(=O)[nH]n2)c(Cl)c([2H])c1NNC(C#N)C(=O)NC(=O)OCC.[2H]c1c(N)c([2H])c(Cl)c(Oc2cc(C(C)C)c(=O)[nH]n2)c1Cl. The van der Waals surface area contributed by atoms with Crippen LogP contribution in [0.25, 0.3) is 5.69 Å². The molecule has 0 fully saturated rings. The Morgan fingerprint density at radius 2 is 1.06 bits per heavy atom. The van der Waals surface area contributed by atoms with Gasteiger partial charge in [0.05, 0.1) is 62.4 Å². The summed E-state index contributed by atoms with van der Waals surface area (Å²) in [7, 11) is 0. The lowest BCUT2D eigenvalue weighted by Gasteiger charge is -2.15. The summed E-state index contributed by atoms with van der Waals surface area (Å²) < 4.78 is 70.0. The summed E-state index contributed by atoms with van der Waals surface area (Å²) in [4.78, 5) is 84.3. The van der Waals surface area contributed by atoms with Crippen LogP contribution in [0.5, 0.6) is 34.9 Å². The van der Waals surface area contributed by atoms with Crippen LogP contribution < -0.4 is 64.0 Å². The predicted octanol–water partition coefficient (Wildman–Crippen LogP) is 8.75. The van der Waals surface area contributed by atoms with Gasteiger partial charge < -0.3 is 30.1 Å². The van der Waals surface area contributed by atoms with Gasteiger partial charge in [0.25, 0.3) is 28.1 Å². The molecule has 1 atom stereocenters. The summed E-state index contributed by atoms with van der Waals surface area (Å²) in [6, 6.07) is 3.16. The number of halogens is 6. The van der Waals surface area contributed by atoms with E-state index >= 15 is 0 Å². The van der Waals surface area contributed by atoms with Crippen molar-refractivity contribution in [2.75, 3.05) is 17.8 Å². The molecular formula is C49H45Cl6N15O11. The van der Waals surface area contributed by atoms with Gasteiger partial charge in [-0.2, -0.15) is 15.2 Å². The summed E-state index contributed by atoms with van der Waals surface area (Å²) >= 11 is 36.9. The number of nitrogens with zero attached hydrogens (tertiary/aromatic N) is 7. The average molecular weight is 1240 g/mol. The van der Waals surface area contributed by atoms with Gasteiger partial charge in [-0.3, -0.25) is 34.3 Å². The number of amides is 2. The lowest BCUT2D eigenvalue weighted by Crippen LogP contribution is -2.47. The fraction of sp³-hybridized carbons (Fsp3) is 0.245. The maximum atomic E-state index is 12.2. The number of carbonyl (C=O) groups excluding carboxylic acids is 2. The van der Waals surface area contributed by atoms with Crippen molar-refractivity contribution in [2.24, 2.45) is 0 Å². The Kier molecular flexibility index (Phi) is 19.2. The van der Waals surface area contributed by atoms with Gasteiger partial charge in [-0.15, -0.1) is 20.4 Å². The average Bonchev–Trinajstić information content (AvgIpc) is 1.25. The summed E-state index contributed by atoms with van der Waals surface area (Å²) in [6.07, 6.45) is -1.04. The Bertz CT molecular complexity index is 4160. The van der Waals surface area contributed by atoms with E-state index in [0.717, 1.165) is 0 Å². The van der Waals surface area contributed by atoms with E-state index < -0.39 is 86.0 Å². The van der Waals surface area contributed by atoms with E-state index in [1.807, 2.05) is 24.1 Å². The van der Waals surface area contributed by atoms with Crippen molar-refractivity contribution in [3.05, 3.63) is 159 Å². The van der Waals surface area contributed by atoms with Gasteiger partial charge in [-0.1, -0.05) is 111 Å². The van der Waals surface area contributed by atoms with E-state index in [1.54, 1.807) is 33.8 Å². The van der Waals surface area contributed by atoms with Crippen LogP contribution in [0, 0.1) is 22.7 Å². The molecule has 0 spiro atoms. The third-order valence-electron chi connectivity index (χ3n) is 9.90. The first kappa shape index (κ1) is 54.5. The topological polar surface area (TPSA) is 386 Å². The number of nitrogens with one attached hydrogen (secondary N) is 7. The number of hydrogen-bond donors (Lipinski definition) is 8. The van der Waals surface area contributed by atoms with Gasteiger partial charge in [-0.05, 0) is 60.9 Å². The lowest BCUT2D eigenvalue weighted by molar-refractivity contribution is -0.121. The molecule has 0 aliphatic heterocycles. The molecule has 7 aromatic rings. The van der Waals surface area contributed by atoms with E-state index in [4.69, 9.17) is 103 Å². The number of nitrogens with two attached hydrogens (primary N) is 1. The molecule has 0 aliphatic rings. The summed E-state index contributed by atoms with van der Waals surface area (Å²) in [5.41, 5.74) is 6.66. The van der Waals surface area contributed by atoms with Crippen molar-refractivity contribution in [3.8, 4) is 52.7 Å². The van der Waals surface area contributed by atoms with Gasteiger partial charge in [0, 0.05) is 40.6 Å². The number of rotatable bonds is 15. The van der Waals surface area contributed by atoms with Crippen LogP contribution in [0.15, 0.2) is 78.4 Å². The van der Waals surface area contributed by atoms with Crippen LogP contribution >= 0.6 is 69.6 Å². The second-order valence-electron chi connectivity index (χ2n) is 16.7. The zero-order valence-corrected chi connectivity index (χ0v) is 47.3. The number of hydrogen-bond acceptors (Lipinski definition) is 20. The van der Waals surface area contributed by atoms with Crippen molar-refractivity contribution in [1.29, 1.82) is 10.5 Å². The number of aromatic amines is 4. The van der Waals surface area contributed by atoms with Crippen molar-refractivity contribution in [1.82, 2.24) is 56.1 Å². The zero-order chi connectivity index (χ0) is 65.2. The van der Waals surface area contributed by atoms with Crippen molar-refractivity contribution >= 4 is 93.0 Å². The number of nitrogen functional groups attached to an aromatic ring is 1. The Morgan fingerprint density at radius 1 is 0.667 bits per heavy atom. The highest BCUT2D eigenvalue weighted by Crippen LogP contribution is 2.40. The quantitative estimate of drug-likeness (QED) is 0.0351. The highest BCUT2D eigenvalue weighted by atomic mass is 35.5. The number of imide groups is 1. The number of ether oxygens (including phenoxy) is 4. The molecule has 424 valence electrons. The van der Waals surface area contributed by atoms with Crippen LogP contribution in [0.2, 0.25) is 30.1 Å². The van der Waals surface area contributed by atoms with Crippen LogP contribution in [0.3, 0.4) is 0 Å². The Balaban J connectivity index is 0.000000243. The minimum Gasteiger partial charge on any atom is -0.450 e. The molecule has 32 heteroatoms. The zero-order valence-electron chi connectivity index (χ0n) is 48.7. The Hall–Kier alpha value is -8.47. The fourth-order valence-corrected chi connectivity index (χ4v) is 7.57. The van der Waals surface area contributed by atoms with Gasteiger partial charge in [0.1, 0.15) is 6.07 Å². The number of benzene rings is 3. The number of anilines is 2. The number of alkyl carbamates (subject to hydrolysis) is 1. The van der Waals surface area contributed by atoms with Crippen molar-refractivity contribution in [2.45, 2.75) is 72.3 Å². The van der Waals surface area contributed by atoms with Crippen LogP contribution in [0.1, 0.15) is 96.8 Å². The van der Waals surface area contributed by atoms with Crippen LogP contribution in [-0.4, -0.2) is 70.0 Å². The molecule has 0 saturated heterocycles. The van der Waals surface area contributed by atoms with Crippen LogP contribution in [-0.2, 0) is 9.53 Å². The molecule has 0 radical (unpaired) electrons. The molecule has 9 N–H and O–H groups in total. The number of aromatic nitrogens is 9. The van der Waals surface area contributed by atoms with E-state index in [0.29, 0.717) is 21.4 Å². The minimum absolute atomic E-state index is 0.0191. The van der Waals surface area contributed by atoms with Gasteiger partial charge in [0.2, 0.25) is 23.3 Å². The predicted molar refractivity (Wildman–Crippen MR) is 301 cm³/mol. The number of nitriles is 2. The molecule has 81 heavy (non-hydrogen) atoms. The first-order valence-corrected chi connectivity index (χ1v) is 25.1. The molecule has 2 amide bonds. The molecular weight excluding hydrogens is 1190 g/mol. The van der Waals surface area contributed by atoms with Crippen LogP contribution in [0.4, 0.5) is 16.2 Å². The number of hydrazine groups is 1. The Labute approximate surface area is 495 Å². The second-order valence-corrected chi connectivity index (χ2v) is 18.9. The van der Waals surface area contributed by atoms with Gasteiger partial charge in [-0.25, -0.2) is 30.3 Å². The van der Waals surface area contributed by atoms with E-state index in [-0.39, 0.29) is 108 Å². The van der Waals surface area contributed by atoms with Gasteiger partial charge >= 0.3 is 11.8 Å². The largest absolute Gasteiger partial charge is 0.450 e. The Morgan fingerprint density at radius 3 is 1.43 bits per heavy atom. The van der Waals surface area contributed by atoms with Crippen molar-refractivity contribution < 1.29 is 36.8 Å². The summed E-state index contributed by atoms with van der Waals surface area (Å²) in [5.74, 6) is -2.12. The molecule has 1 unspecified atom stereocenters. The molecule has 3 aromatic carbocycles. The van der Waals surface area contributed by atoms with E-state index in [1.165, 1.54) is 31.2 Å². The maximum Gasteiger partial charge on any atom is 0.413 e. The minimum atomic E-state index is -1.60. The maximum absolute atomic E-state index is 12.2. The van der Waals surface area contributed by atoms with Gasteiger partial charge in [0.15, 0.2) is 23.3 Å². The first-order chi connectivity index (χ1) is 40.8. The molecule has 7 rings (SSSR count). The lowest BCUT2D eigenvalue weighted by atomic mass is 10.1. The van der Waals surface area contributed by atoms with E-state index in [9.17, 15) is 38.8 Å². The standard InChI is InChI=1S/C19H20Cl2N6O5.C17H12Cl2N6O4.C13H13Cl2N3O2/c1-4-31-19(30)23-18(29)14(8-22)25-24-10-5-12(20)16(13(21)6-10)32-15-7-11(9(2)3)17(28)27-26-15;1-7(2)9-5-13(22-23-15(9)26)29-14-10(18)3-8(4-11(14)19)25-17(28)21-16(27)12(6-20)24-25;1-6(2)8-5-11(17-18-13(8)19)20-12-9(14)3-7(16)4-10(12)15/h5-7,9,14,24-25H,4H2,1-3H3,(H,27,28)(H,23,29,30);3-5,7H,1-2H3,(H,23,26)(H,21,27,28);3-6H,16H2,1-2H3,(H,18,19)/i5D,6D;2*3D,4D. The molecule has 26 nitrogen and oxygen atoms in total. The third-order valence-corrected chi connectivity index (χ3v) is 11.5. The molecule has 4 aromatic heterocycles. The van der Waals surface area contributed by atoms with E-state index in [2.05, 4.69) is 51.3 Å². The molecule has 4 heterocycles.